The van der Waals surface area contributed by atoms with Gasteiger partial charge in [-0.3, -0.25) is 0 Å². The van der Waals surface area contributed by atoms with Crippen molar-refractivity contribution in [3.8, 4) is 0 Å². The number of ether oxygens (including phenoxy) is 1. The third kappa shape index (κ3) is 2.70. The molecular weight excluding hydrogens is 160 g/mol. The van der Waals surface area contributed by atoms with Crippen molar-refractivity contribution in [2.24, 2.45) is 5.41 Å². The molecule has 1 nitrogen and oxygen atoms in total. The maximum atomic E-state index is 5.92. The summed E-state index contributed by atoms with van der Waals surface area (Å²) in [6, 6.07) is 0. The van der Waals surface area contributed by atoms with E-state index in [-0.39, 0.29) is 0 Å². The van der Waals surface area contributed by atoms with E-state index in [2.05, 4.69) is 20.8 Å². The molecule has 13 heavy (non-hydrogen) atoms. The quantitative estimate of drug-likeness (QED) is 0.646. The van der Waals surface area contributed by atoms with Gasteiger partial charge in [-0.15, -0.1) is 0 Å². The first kappa shape index (κ1) is 11.0. The summed E-state index contributed by atoms with van der Waals surface area (Å²) < 4.78 is 5.92. The van der Waals surface area contributed by atoms with Crippen LogP contribution in [0.1, 0.15) is 59.3 Å². The summed E-state index contributed by atoms with van der Waals surface area (Å²) in [5, 5.41) is 0. The molecule has 0 spiro atoms. The molecule has 0 aromatic carbocycles. The highest BCUT2D eigenvalue weighted by molar-refractivity contribution is 4.82. The van der Waals surface area contributed by atoms with Crippen molar-refractivity contribution < 1.29 is 4.74 Å². The third-order valence-electron chi connectivity index (χ3n) is 3.73. The molecule has 1 rings (SSSR count). The van der Waals surface area contributed by atoms with Crippen LogP contribution in [-0.2, 0) is 4.74 Å². The van der Waals surface area contributed by atoms with Gasteiger partial charge in [-0.2, -0.15) is 0 Å². The molecule has 0 aromatic heterocycles. The fourth-order valence-electron chi connectivity index (χ4n) is 2.27. The van der Waals surface area contributed by atoms with E-state index in [1.54, 1.807) is 0 Å². The van der Waals surface area contributed by atoms with E-state index in [0.29, 0.717) is 11.5 Å². The van der Waals surface area contributed by atoms with Crippen LogP contribution in [0.3, 0.4) is 0 Å². The first-order valence-electron chi connectivity index (χ1n) is 5.88. The molecule has 0 unspecified atom stereocenters. The lowest BCUT2D eigenvalue weighted by Crippen LogP contribution is -2.35. The molecule has 0 saturated carbocycles. The molecule has 1 atom stereocenters. The third-order valence-corrected chi connectivity index (χ3v) is 3.73. The van der Waals surface area contributed by atoms with Gasteiger partial charge in [-0.1, -0.05) is 27.2 Å². The van der Waals surface area contributed by atoms with Gasteiger partial charge in [0.05, 0.1) is 12.7 Å². The van der Waals surface area contributed by atoms with Crippen molar-refractivity contribution in [1.82, 2.24) is 0 Å². The maximum Gasteiger partial charge on any atom is 0.0575 e. The Hall–Kier alpha value is -0.0400. The van der Waals surface area contributed by atoms with Crippen molar-refractivity contribution in [2.45, 2.75) is 65.4 Å². The molecule has 0 aliphatic carbocycles. The van der Waals surface area contributed by atoms with Crippen LogP contribution in [0.5, 0.6) is 0 Å². The van der Waals surface area contributed by atoms with E-state index in [4.69, 9.17) is 4.74 Å². The second-order valence-electron chi connectivity index (χ2n) is 4.47. The Morgan fingerprint density at radius 2 is 1.92 bits per heavy atom. The molecule has 1 aliphatic rings. The topological polar surface area (TPSA) is 9.23 Å². The predicted octanol–water partition coefficient (Wildman–Crippen LogP) is 3.77. The van der Waals surface area contributed by atoms with Crippen molar-refractivity contribution in [3.05, 3.63) is 0 Å². The van der Waals surface area contributed by atoms with Crippen LogP contribution in [0.2, 0.25) is 0 Å². The van der Waals surface area contributed by atoms with Gasteiger partial charge in [0, 0.05) is 0 Å². The van der Waals surface area contributed by atoms with Crippen molar-refractivity contribution in [2.75, 3.05) is 6.61 Å². The molecule has 1 aliphatic heterocycles. The largest absolute Gasteiger partial charge is 0.378 e. The molecular formula is C12H24O. The fourth-order valence-corrected chi connectivity index (χ4v) is 2.27. The second kappa shape index (κ2) is 4.99. The fraction of sp³-hybridized carbons (Fsp3) is 1.00. The minimum absolute atomic E-state index is 0.518. The summed E-state index contributed by atoms with van der Waals surface area (Å²) in [5.74, 6) is 0. The van der Waals surface area contributed by atoms with Gasteiger partial charge in [0.15, 0.2) is 0 Å². The lowest BCUT2D eigenvalue weighted by Gasteiger charge is -2.39. The van der Waals surface area contributed by atoms with E-state index in [1.165, 1.54) is 38.5 Å². The van der Waals surface area contributed by atoms with Crippen molar-refractivity contribution >= 4 is 0 Å². The first-order valence-corrected chi connectivity index (χ1v) is 5.88. The molecule has 1 heteroatoms. The Labute approximate surface area is 82.9 Å². The van der Waals surface area contributed by atoms with E-state index >= 15 is 0 Å². The SMILES string of the molecule is CCC[C@@H]1CCC(CC)(CC)CO1. The standard InChI is InChI=1S/C12H24O/c1-4-7-11-8-9-12(5-2,6-3)10-13-11/h11H,4-10H2,1-3H3/t11-/m1/s1. The molecule has 0 amide bonds. The lowest BCUT2D eigenvalue weighted by atomic mass is 9.76. The Kier molecular flexibility index (Phi) is 4.24. The smallest absolute Gasteiger partial charge is 0.0575 e. The zero-order valence-corrected chi connectivity index (χ0v) is 9.44. The monoisotopic (exact) mass is 184 g/mol. The molecule has 0 aromatic rings. The Morgan fingerprint density at radius 1 is 1.23 bits per heavy atom. The van der Waals surface area contributed by atoms with Crippen LogP contribution in [0.25, 0.3) is 0 Å². The van der Waals surface area contributed by atoms with E-state index < -0.39 is 0 Å². The lowest BCUT2D eigenvalue weighted by molar-refractivity contribution is -0.0689. The van der Waals surface area contributed by atoms with Gasteiger partial charge in [0.1, 0.15) is 0 Å². The highest BCUT2D eigenvalue weighted by Gasteiger charge is 2.32. The minimum Gasteiger partial charge on any atom is -0.378 e. The van der Waals surface area contributed by atoms with Gasteiger partial charge >= 0.3 is 0 Å². The molecule has 78 valence electrons. The summed E-state index contributed by atoms with van der Waals surface area (Å²) >= 11 is 0. The maximum absolute atomic E-state index is 5.92. The van der Waals surface area contributed by atoms with Gasteiger partial charge in [-0.25, -0.2) is 0 Å². The van der Waals surface area contributed by atoms with Crippen LogP contribution < -0.4 is 0 Å². The Balaban J connectivity index is 2.36. The van der Waals surface area contributed by atoms with Gasteiger partial charge in [-0.05, 0) is 37.5 Å². The number of rotatable bonds is 4. The highest BCUT2D eigenvalue weighted by atomic mass is 16.5. The summed E-state index contributed by atoms with van der Waals surface area (Å²) in [6.07, 6.45) is 8.31. The Morgan fingerprint density at radius 3 is 2.31 bits per heavy atom. The van der Waals surface area contributed by atoms with Crippen LogP contribution in [0, 0.1) is 5.41 Å². The zero-order chi connectivity index (χ0) is 9.73. The number of hydrogen-bond acceptors (Lipinski definition) is 1. The Bertz CT molecular complexity index is 128. The molecule has 1 heterocycles. The van der Waals surface area contributed by atoms with Crippen LogP contribution in [0.15, 0.2) is 0 Å². The van der Waals surface area contributed by atoms with E-state index in [9.17, 15) is 0 Å². The highest BCUT2D eigenvalue weighted by Crippen LogP contribution is 2.37. The van der Waals surface area contributed by atoms with Crippen LogP contribution >= 0.6 is 0 Å². The molecule has 0 bridgehead atoms. The van der Waals surface area contributed by atoms with Crippen molar-refractivity contribution in [3.63, 3.8) is 0 Å². The van der Waals surface area contributed by atoms with E-state index in [0.717, 1.165) is 6.61 Å². The summed E-state index contributed by atoms with van der Waals surface area (Å²) in [7, 11) is 0. The second-order valence-corrected chi connectivity index (χ2v) is 4.47. The summed E-state index contributed by atoms with van der Waals surface area (Å²) in [4.78, 5) is 0. The van der Waals surface area contributed by atoms with Gasteiger partial charge in [0.25, 0.3) is 0 Å². The van der Waals surface area contributed by atoms with Crippen molar-refractivity contribution in [1.29, 1.82) is 0 Å². The average molecular weight is 184 g/mol. The molecule has 0 N–H and O–H groups in total. The van der Waals surface area contributed by atoms with Crippen LogP contribution in [-0.4, -0.2) is 12.7 Å². The summed E-state index contributed by atoms with van der Waals surface area (Å²) in [6.45, 7) is 7.84. The minimum atomic E-state index is 0.518. The predicted molar refractivity (Wildman–Crippen MR) is 56.9 cm³/mol. The van der Waals surface area contributed by atoms with Gasteiger partial charge < -0.3 is 4.74 Å². The van der Waals surface area contributed by atoms with E-state index in [1.807, 2.05) is 0 Å². The van der Waals surface area contributed by atoms with Gasteiger partial charge in [0.2, 0.25) is 0 Å². The average Bonchev–Trinajstić information content (AvgIpc) is 2.20. The normalized spacial score (nSPS) is 27.5. The summed E-state index contributed by atoms with van der Waals surface area (Å²) in [5.41, 5.74) is 0.518. The molecule has 1 fully saturated rings. The molecule has 1 saturated heterocycles. The number of hydrogen-bond donors (Lipinski definition) is 0. The first-order chi connectivity index (χ1) is 6.26. The molecule has 0 radical (unpaired) electrons. The zero-order valence-electron chi connectivity index (χ0n) is 9.44. The van der Waals surface area contributed by atoms with Crippen LogP contribution in [0.4, 0.5) is 0 Å².